The van der Waals surface area contributed by atoms with E-state index >= 15 is 0 Å². The number of hydrogen-bond donors (Lipinski definition) is 0. The van der Waals surface area contributed by atoms with E-state index in [2.05, 4.69) is 4.98 Å². The molecule has 0 N–H and O–H groups in total. The quantitative estimate of drug-likeness (QED) is 0.531. The summed E-state index contributed by atoms with van der Waals surface area (Å²) in [4.78, 5) is 41.8. The summed E-state index contributed by atoms with van der Waals surface area (Å²) in [6.07, 6.45) is 2.19. The zero-order valence-electron chi connectivity index (χ0n) is 15.0. The summed E-state index contributed by atoms with van der Waals surface area (Å²) in [7, 11) is 1.49. The van der Waals surface area contributed by atoms with E-state index < -0.39 is 17.4 Å². The van der Waals surface area contributed by atoms with E-state index in [0.717, 1.165) is 10.5 Å². The van der Waals surface area contributed by atoms with Crippen LogP contribution in [0.25, 0.3) is 21.7 Å². The molecule has 0 aliphatic carbocycles. The van der Waals surface area contributed by atoms with Crippen molar-refractivity contribution < 1.29 is 18.7 Å². The van der Waals surface area contributed by atoms with Gasteiger partial charge in [-0.05, 0) is 18.1 Å². The second-order valence-corrected chi connectivity index (χ2v) is 5.81. The third-order valence-electron chi connectivity index (χ3n) is 4.23. The predicted octanol–water partition coefficient (Wildman–Crippen LogP) is 2.81. The largest absolute Gasteiger partial charge is 0.493 e. The van der Waals surface area contributed by atoms with Crippen LogP contribution < -0.4 is 15.3 Å². The molecule has 0 spiro atoms. The highest BCUT2D eigenvalue weighted by Crippen LogP contribution is 2.34. The van der Waals surface area contributed by atoms with Crippen molar-refractivity contribution in [2.45, 2.75) is 27.2 Å². The molecule has 3 aromatic rings. The fourth-order valence-electron chi connectivity index (χ4n) is 3.12. The van der Waals surface area contributed by atoms with Crippen molar-refractivity contribution in [1.82, 2.24) is 4.98 Å². The van der Waals surface area contributed by atoms with Gasteiger partial charge in [-0.25, -0.2) is 14.7 Å². The van der Waals surface area contributed by atoms with Gasteiger partial charge in [0.25, 0.3) is 0 Å². The van der Waals surface area contributed by atoms with Gasteiger partial charge in [-0.1, -0.05) is 19.1 Å². The Labute approximate surface area is 149 Å². The fourth-order valence-corrected chi connectivity index (χ4v) is 3.12. The topological polar surface area (TPSA) is 89.7 Å². The summed E-state index contributed by atoms with van der Waals surface area (Å²) >= 11 is 0. The van der Waals surface area contributed by atoms with E-state index in [4.69, 9.17) is 9.15 Å². The lowest BCUT2D eigenvalue weighted by Gasteiger charge is -2.19. The zero-order valence-corrected chi connectivity index (χ0v) is 15.0. The van der Waals surface area contributed by atoms with Gasteiger partial charge in [0.15, 0.2) is 17.2 Å². The van der Waals surface area contributed by atoms with Gasteiger partial charge in [0.05, 0.1) is 7.11 Å². The number of aryl methyl sites for hydroxylation is 1. The van der Waals surface area contributed by atoms with Crippen molar-refractivity contribution in [2.75, 3.05) is 12.0 Å². The lowest BCUT2D eigenvalue weighted by atomic mass is 10.0. The van der Waals surface area contributed by atoms with Crippen molar-refractivity contribution in [3.05, 3.63) is 40.4 Å². The number of nitrogens with zero attached hydrogens (tertiary/aromatic N) is 2. The van der Waals surface area contributed by atoms with Crippen molar-refractivity contribution in [3.63, 3.8) is 0 Å². The average Bonchev–Trinajstić information content (AvgIpc) is 2.60. The smallest absolute Gasteiger partial charge is 0.348 e. The van der Waals surface area contributed by atoms with Gasteiger partial charge >= 0.3 is 5.63 Å². The van der Waals surface area contributed by atoms with E-state index in [1.807, 2.05) is 6.92 Å². The summed E-state index contributed by atoms with van der Waals surface area (Å²) in [5.74, 6) is -0.644. The SMILES string of the molecule is CCc1cnc(N(C(C)=O)C(C)=O)c2c(=O)oc3c(OC)cccc3c12. The van der Waals surface area contributed by atoms with Crippen LogP contribution in [-0.4, -0.2) is 23.9 Å². The van der Waals surface area contributed by atoms with Gasteiger partial charge < -0.3 is 9.15 Å². The maximum atomic E-state index is 12.8. The maximum Gasteiger partial charge on any atom is 0.348 e. The molecule has 7 heteroatoms. The van der Waals surface area contributed by atoms with E-state index in [0.29, 0.717) is 28.5 Å². The van der Waals surface area contributed by atoms with Crippen LogP contribution in [0.3, 0.4) is 0 Å². The minimum Gasteiger partial charge on any atom is -0.493 e. The Hall–Kier alpha value is -3.22. The van der Waals surface area contributed by atoms with E-state index in [-0.39, 0.29) is 11.2 Å². The number of amides is 2. The van der Waals surface area contributed by atoms with Crippen LogP contribution in [0.2, 0.25) is 0 Å². The number of fused-ring (bicyclic) bond motifs is 3. The first-order valence-electron chi connectivity index (χ1n) is 8.13. The number of aromatic nitrogens is 1. The maximum absolute atomic E-state index is 12.8. The van der Waals surface area contributed by atoms with Gasteiger partial charge in [-0.15, -0.1) is 0 Å². The third kappa shape index (κ3) is 2.61. The Bertz CT molecular complexity index is 1090. The van der Waals surface area contributed by atoms with Crippen LogP contribution in [0, 0.1) is 0 Å². The summed E-state index contributed by atoms with van der Waals surface area (Å²) in [6.45, 7) is 4.42. The highest BCUT2D eigenvalue weighted by Gasteiger charge is 2.25. The molecular formula is C19H18N2O5. The molecule has 134 valence electrons. The van der Waals surface area contributed by atoms with E-state index in [1.54, 1.807) is 24.4 Å². The number of rotatable bonds is 3. The standard InChI is InChI=1S/C19H18N2O5/c1-5-12-9-20-18(21(10(2)22)11(3)23)16-15(12)13-7-6-8-14(25-4)17(13)26-19(16)24/h6-9H,5H2,1-4H3. The van der Waals surface area contributed by atoms with E-state index in [9.17, 15) is 14.4 Å². The van der Waals surface area contributed by atoms with Crippen LogP contribution in [0.5, 0.6) is 5.75 Å². The first-order valence-corrected chi connectivity index (χ1v) is 8.13. The minimum absolute atomic E-state index is 0.0179. The number of benzene rings is 1. The summed E-state index contributed by atoms with van der Waals surface area (Å²) < 4.78 is 10.8. The number of ether oxygens (including phenoxy) is 1. The van der Waals surface area contributed by atoms with Gasteiger partial charge in [0.2, 0.25) is 11.8 Å². The molecule has 2 amide bonds. The Morgan fingerprint density at radius 3 is 2.46 bits per heavy atom. The fraction of sp³-hybridized carbons (Fsp3) is 0.263. The summed E-state index contributed by atoms with van der Waals surface area (Å²) in [6, 6.07) is 5.29. The molecule has 2 heterocycles. The number of hydrogen-bond acceptors (Lipinski definition) is 6. The molecule has 0 saturated heterocycles. The number of carbonyl (C=O) groups excluding carboxylic acids is 2. The normalized spacial score (nSPS) is 10.9. The molecule has 0 atom stereocenters. The zero-order chi connectivity index (χ0) is 19.0. The number of carbonyl (C=O) groups is 2. The number of pyridine rings is 1. The van der Waals surface area contributed by atoms with Gasteiger partial charge in [0, 0.05) is 30.8 Å². The Morgan fingerprint density at radius 2 is 1.88 bits per heavy atom. The monoisotopic (exact) mass is 354 g/mol. The first kappa shape index (κ1) is 17.6. The van der Waals surface area contributed by atoms with Crippen molar-refractivity contribution >= 4 is 39.4 Å². The number of methoxy groups -OCH3 is 1. The second kappa shape index (κ2) is 6.59. The summed E-state index contributed by atoms with van der Waals surface area (Å²) in [5, 5.41) is 1.37. The van der Waals surface area contributed by atoms with Crippen molar-refractivity contribution in [1.29, 1.82) is 0 Å². The molecule has 3 rings (SSSR count). The Kier molecular flexibility index (Phi) is 4.46. The molecule has 26 heavy (non-hydrogen) atoms. The predicted molar refractivity (Wildman–Crippen MR) is 97.6 cm³/mol. The van der Waals surface area contributed by atoms with Crippen LogP contribution in [-0.2, 0) is 16.0 Å². The van der Waals surface area contributed by atoms with Crippen molar-refractivity contribution in [3.8, 4) is 5.75 Å². The average molecular weight is 354 g/mol. The van der Waals surface area contributed by atoms with Gasteiger partial charge in [0.1, 0.15) is 5.39 Å². The lowest BCUT2D eigenvalue weighted by Crippen LogP contribution is -2.34. The highest BCUT2D eigenvalue weighted by molar-refractivity contribution is 6.19. The third-order valence-corrected chi connectivity index (χ3v) is 4.23. The molecule has 0 radical (unpaired) electrons. The molecule has 2 aromatic heterocycles. The van der Waals surface area contributed by atoms with Crippen LogP contribution >= 0.6 is 0 Å². The highest BCUT2D eigenvalue weighted by atomic mass is 16.5. The molecule has 0 saturated carbocycles. The Morgan fingerprint density at radius 1 is 1.19 bits per heavy atom. The number of para-hydroxylation sites is 1. The van der Waals surface area contributed by atoms with Gasteiger partial charge in [-0.3, -0.25) is 9.59 Å². The summed E-state index contributed by atoms with van der Waals surface area (Å²) in [5.41, 5.74) is 0.445. The molecule has 0 aliphatic rings. The van der Waals surface area contributed by atoms with Crippen LogP contribution in [0.4, 0.5) is 5.82 Å². The van der Waals surface area contributed by atoms with Crippen LogP contribution in [0.1, 0.15) is 26.3 Å². The molecule has 1 aromatic carbocycles. The molecule has 0 fully saturated rings. The Balaban J connectivity index is 2.57. The van der Waals surface area contributed by atoms with Crippen LogP contribution in [0.15, 0.2) is 33.6 Å². The molecule has 0 unspecified atom stereocenters. The molecule has 0 aliphatic heterocycles. The first-order chi connectivity index (χ1) is 12.4. The minimum atomic E-state index is -0.678. The van der Waals surface area contributed by atoms with Gasteiger partial charge in [-0.2, -0.15) is 0 Å². The number of imide groups is 1. The number of anilines is 1. The lowest BCUT2D eigenvalue weighted by molar-refractivity contribution is -0.124. The molecule has 7 nitrogen and oxygen atoms in total. The second-order valence-electron chi connectivity index (χ2n) is 5.81. The molecular weight excluding hydrogens is 336 g/mol. The van der Waals surface area contributed by atoms with E-state index in [1.165, 1.54) is 21.0 Å². The van der Waals surface area contributed by atoms with Crippen molar-refractivity contribution in [2.24, 2.45) is 0 Å². The molecule has 0 bridgehead atoms.